The van der Waals surface area contributed by atoms with Crippen LogP contribution in [0.2, 0.25) is 0 Å². The van der Waals surface area contributed by atoms with Crippen molar-refractivity contribution < 1.29 is 33.1 Å². The summed E-state index contributed by atoms with van der Waals surface area (Å²) in [5.74, 6) is -1.84. The second kappa shape index (κ2) is 9.49. The third-order valence-electron chi connectivity index (χ3n) is 3.99. The number of hydrogen-bond acceptors (Lipinski definition) is 7. The maximum atomic E-state index is 13.8. The molecule has 154 valence electrons. The Morgan fingerprint density at radius 2 is 1.83 bits per heavy atom. The van der Waals surface area contributed by atoms with Gasteiger partial charge in [0.05, 0.1) is 24.7 Å². The molecule has 0 spiro atoms. The van der Waals surface area contributed by atoms with Gasteiger partial charge in [0.15, 0.2) is 23.9 Å². The fourth-order valence-electron chi connectivity index (χ4n) is 2.45. The molecule has 0 unspecified atom stereocenters. The molecule has 0 bridgehead atoms. The lowest BCUT2D eigenvalue weighted by Crippen LogP contribution is -2.31. The van der Waals surface area contributed by atoms with E-state index in [4.69, 9.17) is 9.47 Å². The molecular formula is C19H19FN2O7. The fraction of sp³-hybridized carbons (Fsp3) is 0.263. The van der Waals surface area contributed by atoms with Gasteiger partial charge in [-0.05, 0) is 29.8 Å². The van der Waals surface area contributed by atoms with Crippen molar-refractivity contribution in [2.75, 3.05) is 27.9 Å². The van der Waals surface area contributed by atoms with Gasteiger partial charge in [0, 0.05) is 19.7 Å². The van der Waals surface area contributed by atoms with Gasteiger partial charge in [0.25, 0.3) is 5.91 Å². The van der Waals surface area contributed by atoms with Crippen LogP contribution in [0.4, 0.5) is 10.1 Å². The molecule has 0 saturated heterocycles. The molecule has 2 rings (SSSR count). The molecule has 10 heteroatoms. The summed E-state index contributed by atoms with van der Waals surface area (Å²) < 4.78 is 28.4. The molecule has 9 nitrogen and oxygen atoms in total. The Labute approximate surface area is 165 Å². The maximum absolute atomic E-state index is 13.8. The highest BCUT2D eigenvalue weighted by Crippen LogP contribution is 2.28. The zero-order chi connectivity index (χ0) is 21.6. The molecule has 0 saturated carbocycles. The smallest absolute Gasteiger partial charge is 0.338 e. The zero-order valence-corrected chi connectivity index (χ0v) is 16.0. The van der Waals surface area contributed by atoms with Crippen molar-refractivity contribution in [2.24, 2.45) is 0 Å². The summed E-state index contributed by atoms with van der Waals surface area (Å²) in [6.45, 7) is -0.375. The second-order valence-corrected chi connectivity index (χ2v) is 5.94. The summed E-state index contributed by atoms with van der Waals surface area (Å²) in [6.07, 6.45) is 0. The monoisotopic (exact) mass is 406 g/mol. The number of halogens is 1. The number of nitro groups is 1. The molecular weight excluding hydrogens is 387 g/mol. The average molecular weight is 406 g/mol. The molecule has 2 aromatic carbocycles. The molecule has 0 N–H and O–H groups in total. The summed E-state index contributed by atoms with van der Waals surface area (Å²) in [7, 11) is 3.99. The fourth-order valence-corrected chi connectivity index (χ4v) is 2.45. The topological polar surface area (TPSA) is 108 Å². The van der Waals surface area contributed by atoms with Gasteiger partial charge in [0.2, 0.25) is 0 Å². The molecule has 0 aliphatic heterocycles. The Balaban J connectivity index is 2.05. The summed E-state index contributed by atoms with van der Waals surface area (Å²) in [5.41, 5.74) is 0.0460. The van der Waals surface area contributed by atoms with Gasteiger partial charge < -0.3 is 19.1 Å². The third-order valence-corrected chi connectivity index (χ3v) is 3.99. The van der Waals surface area contributed by atoms with Gasteiger partial charge in [-0.25, -0.2) is 9.18 Å². The zero-order valence-electron chi connectivity index (χ0n) is 16.0. The Morgan fingerprint density at radius 3 is 2.41 bits per heavy atom. The number of carbonyl (C=O) groups is 2. The van der Waals surface area contributed by atoms with Crippen molar-refractivity contribution in [2.45, 2.75) is 6.54 Å². The van der Waals surface area contributed by atoms with Gasteiger partial charge >= 0.3 is 11.7 Å². The minimum Gasteiger partial charge on any atom is -0.494 e. The number of amides is 1. The van der Waals surface area contributed by atoms with E-state index >= 15 is 0 Å². The number of hydrogen-bond donors (Lipinski definition) is 0. The Kier molecular flexibility index (Phi) is 7.07. The SMILES string of the molecule is COC(=O)c1ccc(OCC(=O)N(C)Cc2ccc(OC)c(F)c2)c([N+](=O)[O-])c1. The van der Waals surface area contributed by atoms with Gasteiger partial charge in [0.1, 0.15) is 0 Å². The first-order valence-electron chi connectivity index (χ1n) is 8.32. The first-order chi connectivity index (χ1) is 13.8. The second-order valence-electron chi connectivity index (χ2n) is 5.94. The van der Waals surface area contributed by atoms with E-state index in [9.17, 15) is 24.1 Å². The van der Waals surface area contributed by atoms with Crippen molar-refractivity contribution in [3.8, 4) is 11.5 Å². The van der Waals surface area contributed by atoms with E-state index in [1.807, 2.05) is 0 Å². The molecule has 0 fully saturated rings. The van der Waals surface area contributed by atoms with Crippen molar-refractivity contribution in [1.82, 2.24) is 4.90 Å². The van der Waals surface area contributed by atoms with Crippen LogP contribution < -0.4 is 9.47 Å². The summed E-state index contributed by atoms with van der Waals surface area (Å²) >= 11 is 0. The number of nitrogens with zero attached hydrogens (tertiary/aromatic N) is 2. The maximum Gasteiger partial charge on any atom is 0.338 e. The van der Waals surface area contributed by atoms with Crippen LogP contribution in [-0.2, 0) is 16.1 Å². The molecule has 1 amide bonds. The predicted octanol–water partition coefficient (Wildman–Crippen LogP) is 2.57. The number of likely N-dealkylation sites (N-methyl/N-ethyl adjacent to an activating group) is 1. The first kappa shape index (κ1) is 21.6. The summed E-state index contributed by atoms with van der Waals surface area (Å²) in [5, 5.41) is 11.2. The largest absolute Gasteiger partial charge is 0.494 e. The lowest BCUT2D eigenvalue weighted by Gasteiger charge is -2.18. The molecule has 0 aliphatic rings. The van der Waals surface area contributed by atoms with Crippen LogP contribution in [0.5, 0.6) is 11.5 Å². The van der Waals surface area contributed by atoms with E-state index in [-0.39, 0.29) is 23.6 Å². The molecule has 0 aromatic heterocycles. The number of ether oxygens (including phenoxy) is 3. The molecule has 0 atom stereocenters. The van der Waals surface area contributed by atoms with Crippen molar-refractivity contribution in [3.63, 3.8) is 0 Å². The van der Waals surface area contributed by atoms with Crippen molar-refractivity contribution in [3.05, 3.63) is 63.5 Å². The third kappa shape index (κ3) is 5.41. The van der Waals surface area contributed by atoms with Crippen LogP contribution >= 0.6 is 0 Å². The summed E-state index contributed by atoms with van der Waals surface area (Å²) in [4.78, 5) is 35.6. The number of esters is 1. The predicted molar refractivity (Wildman–Crippen MR) is 99.4 cm³/mol. The Hall–Kier alpha value is -3.69. The number of methoxy groups -OCH3 is 2. The molecule has 29 heavy (non-hydrogen) atoms. The number of benzene rings is 2. The van der Waals surface area contributed by atoms with E-state index < -0.39 is 34.9 Å². The van der Waals surface area contributed by atoms with Gasteiger partial charge in [-0.3, -0.25) is 14.9 Å². The van der Waals surface area contributed by atoms with E-state index in [0.717, 1.165) is 13.2 Å². The average Bonchev–Trinajstić information content (AvgIpc) is 2.71. The van der Waals surface area contributed by atoms with Crippen LogP contribution in [0.3, 0.4) is 0 Å². The van der Waals surface area contributed by atoms with Gasteiger partial charge in [-0.2, -0.15) is 0 Å². The lowest BCUT2D eigenvalue weighted by molar-refractivity contribution is -0.385. The van der Waals surface area contributed by atoms with Crippen LogP contribution in [-0.4, -0.2) is 49.6 Å². The van der Waals surface area contributed by atoms with Crippen LogP contribution in [0, 0.1) is 15.9 Å². The van der Waals surface area contributed by atoms with E-state index in [0.29, 0.717) is 5.56 Å². The number of rotatable bonds is 8. The molecule has 0 aliphatic carbocycles. The highest BCUT2D eigenvalue weighted by molar-refractivity contribution is 5.90. The lowest BCUT2D eigenvalue weighted by atomic mass is 10.2. The standard InChI is InChI=1S/C19H19FN2O7/c1-21(10-12-4-6-16(27-2)14(20)8-12)18(23)11-29-17-7-5-13(19(24)28-3)9-15(17)22(25)26/h4-9H,10-11H2,1-3H3. The summed E-state index contributed by atoms with van der Waals surface area (Å²) in [6, 6.07) is 7.84. The molecule has 0 radical (unpaired) electrons. The van der Waals surface area contributed by atoms with E-state index in [1.54, 1.807) is 6.07 Å². The minimum atomic E-state index is -0.734. The highest BCUT2D eigenvalue weighted by Gasteiger charge is 2.21. The highest BCUT2D eigenvalue weighted by atomic mass is 19.1. The van der Waals surface area contributed by atoms with E-state index in [1.165, 1.54) is 43.3 Å². The van der Waals surface area contributed by atoms with E-state index in [2.05, 4.69) is 4.74 Å². The quantitative estimate of drug-likeness (QED) is 0.377. The minimum absolute atomic E-state index is 0.0171. The van der Waals surface area contributed by atoms with Crippen molar-refractivity contribution >= 4 is 17.6 Å². The normalized spacial score (nSPS) is 10.2. The molecule has 0 heterocycles. The van der Waals surface area contributed by atoms with Crippen LogP contribution in [0.25, 0.3) is 0 Å². The van der Waals surface area contributed by atoms with Gasteiger partial charge in [-0.1, -0.05) is 6.07 Å². The number of nitro benzene ring substituents is 1. The number of carbonyl (C=O) groups excluding carboxylic acids is 2. The Morgan fingerprint density at radius 1 is 1.14 bits per heavy atom. The van der Waals surface area contributed by atoms with Crippen LogP contribution in [0.15, 0.2) is 36.4 Å². The van der Waals surface area contributed by atoms with Gasteiger partial charge in [-0.15, -0.1) is 0 Å². The van der Waals surface area contributed by atoms with Crippen LogP contribution in [0.1, 0.15) is 15.9 Å². The first-order valence-corrected chi connectivity index (χ1v) is 8.32. The van der Waals surface area contributed by atoms with Crippen molar-refractivity contribution in [1.29, 1.82) is 0 Å². The molecule has 2 aromatic rings. The Bertz CT molecular complexity index is 933.